The SMILES string of the molecule is CCc1cccc(-n2cncc2-c2ccnc(N)c2)c1. The lowest BCUT2D eigenvalue weighted by molar-refractivity contribution is 1.04. The molecule has 0 saturated heterocycles. The maximum Gasteiger partial charge on any atom is 0.123 e. The van der Waals surface area contributed by atoms with E-state index in [4.69, 9.17) is 5.73 Å². The van der Waals surface area contributed by atoms with Crippen molar-refractivity contribution in [1.82, 2.24) is 14.5 Å². The molecule has 2 heterocycles. The lowest BCUT2D eigenvalue weighted by atomic mass is 10.1. The van der Waals surface area contributed by atoms with E-state index in [0.717, 1.165) is 23.4 Å². The maximum absolute atomic E-state index is 5.76. The Morgan fingerprint density at radius 2 is 2.10 bits per heavy atom. The van der Waals surface area contributed by atoms with Crippen LogP contribution in [0.1, 0.15) is 12.5 Å². The molecule has 4 nitrogen and oxygen atoms in total. The van der Waals surface area contributed by atoms with Gasteiger partial charge in [0.05, 0.1) is 18.2 Å². The van der Waals surface area contributed by atoms with E-state index in [1.165, 1.54) is 5.56 Å². The zero-order valence-electron chi connectivity index (χ0n) is 11.3. The fourth-order valence-corrected chi connectivity index (χ4v) is 2.25. The fraction of sp³-hybridized carbons (Fsp3) is 0.125. The second kappa shape index (κ2) is 5.17. The smallest absolute Gasteiger partial charge is 0.123 e. The van der Waals surface area contributed by atoms with Gasteiger partial charge < -0.3 is 5.73 Å². The number of aromatic nitrogens is 3. The summed E-state index contributed by atoms with van der Waals surface area (Å²) in [6.45, 7) is 2.15. The zero-order chi connectivity index (χ0) is 13.9. The summed E-state index contributed by atoms with van der Waals surface area (Å²) < 4.78 is 2.06. The summed E-state index contributed by atoms with van der Waals surface area (Å²) in [5.74, 6) is 0.512. The van der Waals surface area contributed by atoms with Gasteiger partial charge in [0.1, 0.15) is 5.82 Å². The molecule has 0 unspecified atom stereocenters. The molecule has 0 amide bonds. The second-order valence-electron chi connectivity index (χ2n) is 4.64. The first-order valence-electron chi connectivity index (χ1n) is 6.61. The minimum absolute atomic E-state index is 0.512. The van der Waals surface area contributed by atoms with E-state index in [1.807, 2.05) is 24.7 Å². The van der Waals surface area contributed by atoms with Crippen LogP contribution in [0.25, 0.3) is 16.9 Å². The Morgan fingerprint density at radius 1 is 1.20 bits per heavy atom. The van der Waals surface area contributed by atoms with E-state index in [2.05, 4.69) is 45.7 Å². The average Bonchev–Trinajstić information content (AvgIpc) is 2.97. The maximum atomic E-state index is 5.76. The molecule has 0 radical (unpaired) electrons. The average molecular weight is 264 g/mol. The molecule has 0 fully saturated rings. The number of pyridine rings is 1. The summed E-state index contributed by atoms with van der Waals surface area (Å²) in [5, 5.41) is 0. The molecular weight excluding hydrogens is 248 g/mol. The van der Waals surface area contributed by atoms with Crippen LogP contribution >= 0.6 is 0 Å². The molecule has 2 aromatic heterocycles. The third-order valence-electron chi connectivity index (χ3n) is 3.31. The molecule has 2 N–H and O–H groups in total. The van der Waals surface area contributed by atoms with Crippen molar-refractivity contribution in [3.8, 4) is 16.9 Å². The highest BCUT2D eigenvalue weighted by Crippen LogP contribution is 2.23. The van der Waals surface area contributed by atoms with Crippen molar-refractivity contribution >= 4 is 5.82 Å². The van der Waals surface area contributed by atoms with Gasteiger partial charge in [-0.3, -0.25) is 4.57 Å². The van der Waals surface area contributed by atoms with E-state index >= 15 is 0 Å². The van der Waals surface area contributed by atoms with E-state index in [-0.39, 0.29) is 0 Å². The Kier molecular flexibility index (Phi) is 3.21. The van der Waals surface area contributed by atoms with Crippen molar-refractivity contribution < 1.29 is 0 Å². The van der Waals surface area contributed by atoms with Crippen LogP contribution in [0.15, 0.2) is 55.1 Å². The zero-order valence-corrected chi connectivity index (χ0v) is 11.3. The number of hydrogen-bond acceptors (Lipinski definition) is 3. The van der Waals surface area contributed by atoms with Crippen molar-refractivity contribution in [1.29, 1.82) is 0 Å². The Hall–Kier alpha value is -2.62. The predicted molar refractivity (Wildman–Crippen MR) is 80.6 cm³/mol. The molecule has 0 aliphatic heterocycles. The summed E-state index contributed by atoms with van der Waals surface area (Å²) in [6, 6.07) is 12.2. The molecule has 1 aromatic carbocycles. The van der Waals surface area contributed by atoms with Crippen molar-refractivity contribution in [3.05, 3.63) is 60.7 Å². The van der Waals surface area contributed by atoms with Gasteiger partial charge in [-0.2, -0.15) is 0 Å². The number of nitrogens with two attached hydrogens (primary N) is 1. The number of nitrogens with zero attached hydrogens (tertiary/aromatic N) is 3. The van der Waals surface area contributed by atoms with Gasteiger partial charge in [0, 0.05) is 17.4 Å². The predicted octanol–water partition coefficient (Wildman–Crippen LogP) is 3.08. The third kappa shape index (κ3) is 2.28. The topological polar surface area (TPSA) is 56.7 Å². The number of imidazole rings is 1. The summed E-state index contributed by atoms with van der Waals surface area (Å²) in [6.07, 6.45) is 6.39. The van der Waals surface area contributed by atoms with Gasteiger partial charge in [-0.05, 0) is 36.2 Å². The van der Waals surface area contributed by atoms with Crippen LogP contribution in [0, 0.1) is 0 Å². The number of rotatable bonds is 3. The normalized spacial score (nSPS) is 10.7. The van der Waals surface area contributed by atoms with E-state index in [9.17, 15) is 0 Å². The lowest BCUT2D eigenvalue weighted by Gasteiger charge is -2.09. The van der Waals surface area contributed by atoms with Crippen LogP contribution in [0.5, 0.6) is 0 Å². The van der Waals surface area contributed by atoms with Gasteiger partial charge in [0.15, 0.2) is 0 Å². The highest BCUT2D eigenvalue weighted by atomic mass is 15.0. The quantitative estimate of drug-likeness (QED) is 0.791. The first-order chi connectivity index (χ1) is 9.78. The Bertz CT molecular complexity index is 731. The molecule has 0 saturated carbocycles. The van der Waals surface area contributed by atoms with E-state index < -0.39 is 0 Å². The summed E-state index contributed by atoms with van der Waals surface area (Å²) in [7, 11) is 0. The van der Waals surface area contributed by atoms with Crippen LogP contribution in [0.3, 0.4) is 0 Å². The van der Waals surface area contributed by atoms with Gasteiger partial charge in [0.2, 0.25) is 0 Å². The molecule has 4 heteroatoms. The minimum atomic E-state index is 0.512. The van der Waals surface area contributed by atoms with Crippen LogP contribution in [0.2, 0.25) is 0 Å². The first kappa shape index (κ1) is 12.4. The van der Waals surface area contributed by atoms with Gasteiger partial charge in [-0.15, -0.1) is 0 Å². The van der Waals surface area contributed by atoms with E-state index in [0.29, 0.717) is 5.82 Å². The standard InChI is InChI=1S/C16H16N4/c1-2-12-4-3-5-14(8-12)20-11-18-10-15(20)13-6-7-19-16(17)9-13/h3-11H,2H2,1H3,(H2,17,19). The minimum Gasteiger partial charge on any atom is -0.384 e. The van der Waals surface area contributed by atoms with E-state index in [1.54, 1.807) is 6.20 Å². The molecule has 0 spiro atoms. The molecule has 3 aromatic rings. The second-order valence-corrected chi connectivity index (χ2v) is 4.64. The molecule has 0 aliphatic rings. The van der Waals surface area contributed by atoms with Gasteiger partial charge in [-0.25, -0.2) is 9.97 Å². The third-order valence-corrected chi connectivity index (χ3v) is 3.31. The fourth-order valence-electron chi connectivity index (χ4n) is 2.25. The highest BCUT2D eigenvalue weighted by molar-refractivity contribution is 5.64. The molecule has 3 rings (SSSR count). The van der Waals surface area contributed by atoms with Crippen molar-refractivity contribution in [3.63, 3.8) is 0 Å². The first-order valence-corrected chi connectivity index (χ1v) is 6.61. The van der Waals surface area contributed by atoms with Gasteiger partial charge >= 0.3 is 0 Å². The van der Waals surface area contributed by atoms with Gasteiger partial charge in [0.25, 0.3) is 0 Å². The Morgan fingerprint density at radius 3 is 2.90 bits per heavy atom. The number of nitrogen functional groups attached to an aromatic ring is 1. The number of benzene rings is 1. The van der Waals surface area contributed by atoms with Crippen LogP contribution in [-0.2, 0) is 6.42 Å². The molecular formula is C16H16N4. The van der Waals surface area contributed by atoms with Crippen LogP contribution in [-0.4, -0.2) is 14.5 Å². The molecule has 0 bridgehead atoms. The van der Waals surface area contributed by atoms with Crippen molar-refractivity contribution in [2.24, 2.45) is 0 Å². The number of anilines is 1. The molecule has 0 atom stereocenters. The van der Waals surface area contributed by atoms with Gasteiger partial charge in [-0.1, -0.05) is 19.1 Å². The summed E-state index contributed by atoms with van der Waals surface area (Å²) in [5.41, 5.74) is 10.2. The number of aryl methyl sites for hydroxylation is 1. The highest BCUT2D eigenvalue weighted by Gasteiger charge is 2.07. The van der Waals surface area contributed by atoms with Crippen molar-refractivity contribution in [2.75, 3.05) is 5.73 Å². The largest absolute Gasteiger partial charge is 0.384 e. The Balaban J connectivity index is 2.10. The summed E-state index contributed by atoms with van der Waals surface area (Å²) >= 11 is 0. The Labute approximate surface area is 117 Å². The molecule has 100 valence electrons. The molecule has 0 aliphatic carbocycles. The van der Waals surface area contributed by atoms with Crippen LogP contribution in [0.4, 0.5) is 5.82 Å². The van der Waals surface area contributed by atoms with Crippen molar-refractivity contribution in [2.45, 2.75) is 13.3 Å². The monoisotopic (exact) mass is 264 g/mol. The lowest BCUT2D eigenvalue weighted by Crippen LogP contribution is -1.97. The summed E-state index contributed by atoms with van der Waals surface area (Å²) in [4.78, 5) is 8.29. The molecule has 20 heavy (non-hydrogen) atoms. The van der Waals surface area contributed by atoms with Crippen LogP contribution < -0.4 is 5.73 Å². The number of hydrogen-bond donors (Lipinski definition) is 1.